The standard InChI is InChI=1S/C14H20N2O4/c1-4-14(2,8-15)13(19)16-9-5-6-10(12(17)18)11(7-9)20-3/h5-7H,4,8,15H2,1-3H3,(H,16,19)(H,17,18). The zero-order valence-corrected chi connectivity index (χ0v) is 11.9. The van der Waals surface area contributed by atoms with Crippen molar-refractivity contribution >= 4 is 17.6 Å². The van der Waals surface area contributed by atoms with Crippen LogP contribution >= 0.6 is 0 Å². The Morgan fingerprint density at radius 3 is 2.55 bits per heavy atom. The third-order valence-electron chi connectivity index (χ3n) is 3.47. The lowest BCUT2D eigenvalue weighted by Crippen LogP contribution is -2.39. The minimum Gasteiger partial charge on any atom is -0.496 e. The van der Waals surface area contributed by atoms with Gasteiger partial charge in [0, 0.05) is 18.3 Å². The summed E-state index contributed by atoms with van der Waals surface area (Å²) in [4.78, 5) is 23.1. The number of nitrogens with one attached hydrogen (secondary N) is 1. The molecule has 0 aromatic heterocycles. The van der Waals surface area contributed by atoms with Crippen molar-refractivity contribution in [3.05, 3.63) is 23.8 Å². The Labute approximate surface area is 117 Å². The van der Waals surface area contributed by atoms with Gasteiger partial charge in [-0.05, 0) is 25.5 Å². The molecule has 0 spiro atoms. The first-order valence-corrected chi connectivity index (χ1v) is 6.30. The normalized spacial score (nSPS) is 13.4. The summed E-state index contributed by atoms with van der Waals surface area (Å²) in [6.45, 7) is 3.91. The lowest BCUT2D eigenvalue weighted by Gasteiger charge is -2.25. The van der Waals surface area contributed by atoms with Crippen LogP contribution in [0.5, 0.6) is 5.75 Å². The summed E-state index contributed by atoms with van der Waals surface area (Å²) in [6, 6.07) is 4.40. The molecule has 0 aliphatic rings. The second kappa shape index (κ2) is 6.38. The summed E-state index contributed by atoms with van der Waals surface area (Å²) in [7, 11) is 1.38. The predicted molar refractivity (Wildman–Crippen MR) is 76.0 cm³/mol. The summed E-state index contributed by atoms with van der Waals surface area (Å²) < 4.78 is 5.01. The number of hydrogen-bond donors (Lipinski definition) is 3. The lowest BCUT2D eigenvalue weighted by molar-refractivity contribution is -0.124. The van der Waals surface area contributed by atoms with Crippen LogP contribution in [0.2, 0.25) is 0 Å². The Balaban J connectivity index is 3.00. The molecule has 4 N–H and O–H groups in total. The molecule has 20 heavy (non-hydrogen) atoms. The summed E-state index contributed by atoms with van der Waals surface area (Å²) in [5.41, 5.74) is 5.50. The maximum atomic E-state index is 12.2. The Morgan fingerprint density at radius 2 is 2.10 bits per heavy atom. The van der Waals surface area contributed by atoms with Crippen LogP contribution in [0.25, 0.3) is 0 Å². The van der Waals surface area contributed by atoms with Crippen LogP contribution in [-0.2, 0) is 4.79 Å². The molecule has 1 aromatic carbocycles. The van der Waals surface area contributed by atoms with Gasteiger partial charge in [-0.25, -0.2) is 4.79 Å². The van der Waals surface area contributed by atoms with Gasteiger partial charge in [0.15, 0.2) is 0 Å². The van der Waals surface area contributed by atoms with Gasteiger partial charge in [0.05, 0.1) is 12.5 Å². The highest BCUT2D eigenvalue weighted by Gasteiger charge is 2.29. The first-order chi connectivity index (χ1) is 9.37. The van der Waals surface area contributed by atoms with Crippen LogP contribution in [-0.4, -0.2) is 30.6 Å². The number of carboxylic acids is 1. The monoisotopic (exact) mass is 280 g/mol. The lowest BCUT2D eigenvalue weighted by atomic mass is 9.86. The second-order valence-electron chi connectivity index (χ2n) is 4.79. The van der Waals surface area contributed by atoms with Crippen molar-refractivity contribution < 1.29 is 19.4 Å². The number of rotatable bonds is 6. The predicted octanol–water partition coefficient (Wildman–Crippen LogP) is 1.71. The minimum atomic E-state index is -1.08. The highest BCUT2D eigenvalue weighted by atomic mass is 16.5. The second-order valence-corrected chi connectivity index (χ2v) is 4.79. The molecule has 1 unspecified atom stereocenters. The van der Waals surface area contributed by atoms with Crippen molar-refractivity contribution in [1.29, 1.82) is 0 Å². The number of aromatic carboxylic acids is 1. The first-order valence-electron chi connectivity index (χ1n) is 6.30. The molecule has 0 saturated heterocycles. The van der Waals surface area contributed by atoms with Gasteiger partial charge >= 0.3 is 5.97 Å². The summed E-state index contributed by atoms with van der Waals surface area (Å²) >= 11 is 0. The topological polar surface area (TPSA) is 102 Å². The van der Waals surface area contributed by atoms with Crippen molar-refractivity contribution in [2.75, 3.05) is 19.0 Å². The van der Waals surface area contributed by atoms with E-state index in [-0.39, 0.29) is 23.8 Å². The number of amides is 1. The molecule has 1 rings (SSSR count). The molecule has 0 heterocycles. The zero-order valence-electron chi connectivity index (χ0n) is 11.9. The van der Waals surface area contributed by atoms with Gasteiger partial charge in [-0.15, -0.1) is 0 Å². The summed E-state index contributed by atoms with van der Waals surface area (Å²) in [6.07, 6.45) is 0.611. The van der Waals surface area contributed by atoms with Gasteiger partial charge in [0.1, 0.15) is 11.3 Å². The van der Waals surface area contributed by atoms with Crippen molar-refractivity contribution in [1.82, 2.24) is 0 Å². The highest BCUT2D eigenvalue weighted by molar-refractivity contribution is 5.97. The third kappa shape index (κ3) is 3.27. The van der Waals surface area contributed by atoms with Gasteiger partial charge in [0.2, 0.25) is 5.91 Å². The Bertz CT molecular complexity index is 510. The van der Waals surface area contributed by atoms with Crippen LogP contribution in [0.1, 0.15) is 30.6 Å². The van der Waals surface area contributed by atoms with Crippen LogP contribution in [0.3, 0.4) is 0 Å². The summed E-state index contributed by atoms with van der Waals surface area (Å²) in [5.74, 6) is -1.09. The number of nitrogens with two attached hydrogens (primary N) is 1. The molecule has 1 atom stereocenters. The molecule has 0 aliphatic carbocycles. The average molecular weight is 280 g/mol. The van der Waals surface area contributed by atoms with E-state index in [1.165, 1.54) is 25.3 Å². The molecular formula is C14H20N2O4. The molecular weight excluding hydrogens is 260 g/mol. The average Bonchev–Trinajstić information content (AvgIpc) is 2.45. The van der Waals surface area contributed by atoms with E-state index in [1.807, 2.05) is 6.92 Å². The Morgan fingerprint density at radius 1 is 1.45 bits per heavy atom. The number of hydrogen-bond acceptors (Lipinski definition) is 4. The number of carboxylic acid groups (broad SMARTS) is 1. The van der Waals surface area contributed by atoms with Crippen molar-refractivity contribution in [3.8, 4) is 5.75 Å². The first kappa shape index (κ1) is 16.0. The molecule has 6 nitrogen and oxygen atoms in total. The third-order valence-corrected chi connectivity index (χ3v) is 3.47. The SMILES string of the molecule is CCC(C)(CN)C(=O)Nc1ccc(C(=O)O)c(OC)c1. The summed E-state index contributed by atoms with van der Waals surface area (Å²) in [5, 5.41) is 11.7. The van der Waals surface area contributed by atoms with Gasteiger partial charge in [-0.3, -0.25) is 4.79 Å². The van der Waals surface area contributed by atoms with Gasteiger partial charge in [-0.1, -0.05) is 6.92 Å². The van der Waals surface area contributed by atoms with Crippen LogP contribution in [0.4, 0.5) is 5.69 Å². The number of benzene rings is 1. The largest absolute Gasteiger partial charge is 0.496 e. The fraction of sp³-hybridized carbons (Fsp3) is 0.429. The Hall–Kier alpha value is -2.08. The minimum absolute atomic E-state index is 0.0441. The van der Waals surface area contributed by atoms with Crippen LogP contribution < -0.4 is 15.8 Å². The van der Waals surface area contributed by atoms with E-state index in [0.717, 1.165) is 0 Å². The molecule has 0 aliphatic heterocycles. The quantitative estimate of drug-likeness (QED) is 0.736. The van der Waals surface area contributed by atoms with E-state index in [1.54, 1.807) is 6.92 Å². The van der Waals surface area contributed by atoms with E-state index in [9.17, 15) is 9.59 Å². The van der Waals surface area contributed by atoms with Crippen molar-refractivity contribution in [2.24, 2.45) is 11.1 Å². The molecule has 0 radical (unpaired) electrons. The number of anilines is 1. The van der Waals surface area contributed by atoms with E-state index >= 15 is 0 Å². The van der Waals surface area contributed by atoms with E-state index in [2.05, 4.69) is 5.32 Å². The fourth-order valence-corrected chi connectivity index (χ4v) is 1.63. The van der Waals surface area contributed by atoms with E-state index < -0.39 is 11.4 Å². The number of carbonyl (C=O) groups excluding carboxylic acids is 1. The molecule has 6 heteroatoms. The molecule has 0 saturated carbocycles. The number of methoxy groups -OCH3 is 1. The van der Waals surface area contributed by atoms with Crippen molar-refractivity contribution in [2.45, 2.75) is 20.3 Å². The molecule has 110 valence electrons. The smallest absolute Gasteiger partial charge is 0.339 e. The molecule has 0 fully saturated rings. The van der Waals surface area contributed by atoms with E-state index in [0.29, 0.717) is 12.1 Å². The van der Waals surface area contributed by atoms with Crippen LogP contribution in [0.15, 0.2) is 18.2 Å². The Kier molecular flexibility index (Phi) is 5.10. The van der Waals surface area contributed by atoms with E-state index in [4.69, 9.17) is 15.6 Å². The molecule has 0 bridgehead atoms. The maximum absolute atomic E-state index is 12.2. The fourth-order valence-electron chi connectivity index (χ4n) is 1.63. The molecule has 1 aromatic rings. The molecule has 1 amide bonds. The van der Waals surface area contributed by atoms with Gasteiger partial charge < -0.3 is 20.9 Å². The zero-order chi connectivity index (χ0) is 15.3. The number of carbonyl (C=O) groups is 2. The van der Waals surface area contributed by atoms with Crippen LogP contribution in [0, 0.1) is 5.41 Å². The highest BCUT2D eigenvalue weighted by Crippen LogP contribution is 2.26. The van der Waals surface area contributed by atoms with Crippen molar-refractivity contribution in [3.63, 3.8) is 0 Å². The maximum Gasteiger partial charge on any atom is 0.339 e. The van der Waals surface area contributed by atoms with Gasteiger partial charge in [0.25, 0.3) is 0 Å². The number of ether oxygens (including phenoxy) is 1. The van der Waals surface area contributed by atoms with Gasteiger partial charge in [-0.2, -0.15) is 0 Å².